The highest BCUT2D eigenvalue weighted by Crippen LogP contribution is 2.43. The maximum atomic E-state index is 13.3. The Morgan fingerprint density at radius 3 is 2.44 bits per heavy atom. The van der Waals surface area contributed by atoms with E-state index in [1.54, 1.807) is 0 Å². The molecule has 3 aromatic rings. The van der Waals surface area contributed by atoms with E-state index < -0.39 is 43.9 Å². The standard InChI is InChI=1S/C20H14ClF6N5O5S2/c21-12-7-10(19(22,23)24)1-3-13(12)31-5-6-36-15-8-11(2-4-14(15)31)39(34,35)32(37-17(33)20(25,26)27)18-29-16(9-28)30-38-18/h1-4,7-8H,5-6,9,28H2. The Morgan fingerprint density at radius 1 is 1.15 bits per heavy atom. The number of anilines is 3. The van der Waals surface area contributed by atoms with Crippen LogP contribution in [0.25, 0.3) is 0 Å². The van der Waals surface area contributed by atoms with Gasteiger partial charge in [0.15, 0.2) is 5.82 Å². The lowest BCUT2D eigenvalue weighted by Crippen LogP contribution is -2.39. The third-order valence-corrected chi connectivity index (χ3v) is 7.74. The van der Waals surface area contributed by atoms with Crippen molar-refractivity contribution >= 4 is 55.6 Å². The molecule has 0 aliphatic carbocycles. The van der Waals surface area contributed by atoms with Crippen LogP contribution in [0.5, 0.6) is 5.75 Å². The predicted molar refractivity (Wildman–Crippen MR) is 125 cm³/mol. The fourth-order valence-electron chi connectivity index (χ4n) is 3.33. The van der Waals surface area contributed by atoms with Crippen molar-refractivity contribution in [3.63, 3.8) is 0 Å². The van der Waals surface area contributed by atoms with Crippen LogP contribution in [0.4, 0.5) is 42.8 Å². The van der Waals surface area contributed by atoms with Crippen molar-refractivity contribution in [3.05, 3.63) is 52.8 Å². The van der Waals surface area contributed by atoms with Crippen LogP contribution >= 0.6 is 23.1 Å². The Labute approximate surface area is 224 Å². The Kier molecular flexibility index (Phi) is 7.58. The average Bonchev–Trinajstić information content (AvgIpc) is 3.34. The molecular formula is C20H14ClF6N5O5S2. The second-order valence-electron chi connectivity index (χ2n) is 7.60. The molecule has 210 valence electrons. The topological polar surface area (TPSA) is 128 Å². The summed E-state index contributed by atoms with van der Waals surface area (Å²) in [6.07, 6.45) is -10.2. The third-order valence-electron chi connectivity index (χ3n) is 5.07. The maximum absolute atomic E-state index is 13.3. The molecule has 0 saturated heterocycles. The van der Waals surface area contributed by atoms with Crippen LogP contribution in [-0.4, -0.2) is 43.1 Å². The molecule has 0 fully saturated rings. The number of hydrogen-bond acceptors (Lipinski definition) is 10. The fraction of sp³-hybridized carbons (Fsp3) is 0.250. The van der Waals surface area contributed by atoms with Crippen LogP contribution in [0.3, 0.4) is 0 Å². The number of benzene rings is 2. The van der Waals surface area contributed by atoms with Crippen LogP contribution < -0.4 is 19.8 Å². The highest BCUT2D eigenvalue weighted by Gasteiger charge is 2.46. The van der Waals surface area contributed by atoms with Gasteiger partial charge in [-0.05, 0) is 30.3 Å². The summed E-state index contributed by atoms with van der Waals surface area (Å²) >= 11 is 6.42. The zero-order valence-electron chi connectivity index (χ0n) is 19.0. The van der Waals surface area contributed by atoms with E-state index in [0.717, 1.165) is 30.3 Å². The second-order valence-corrected chi connectivity index (χ2v) is 10.5. The van der Waals surface area contributed by atoms with Gasteiger partial charge < -0.3 is 20.2 Å². The number of nitrogens with two attached hydrogens (primary N) is 1. The second kappa shape index (κ2) is 10.3. The van der Waals surface area contributed by atoms with Crippen LogP contribution in [0.15, 0.2) is 41.3 Å². The van der Waals surface area contributed by atoms with E-state index in [2.05, 4.69) is 14.2 Å². The molecule has 0 saturated carbocycles. The number of carbonyl (C=O) groups excluding carboxylic acids is 1. The number of alkyl halides is 6. The van der Waals surface area contributed by atoms with Crippen molar-refractivity contribution < 1.29 is 49.1 Å². The number of rotatable bonds is 6. The lowest BCUT2D eigenvalue weighted by Gasteiger charge is -2.32. The fourth-order valence-corrected chi connectivity index (χ4v) is 5.66. The number of hydrogen-bond donors (Lipinski definition) is 1. The molecule has 0 atom stereocenters. The summed E-state index contributed by atoms with van der Waals surface area (Å²) in [6, 6.07) is 5.79. The molecule has 0 spiro atoms. The first-order chi connectivity index (χ1) is 18.1. The molecule has 39 heavy (non-hydrogen) atoms. The monoisotopic (exact) mass is 617 g/mol. The van der Waals surface area contributed by atoms with Gasteiger partial charge >= 0.3 is 18.3 Å². The van der Waals surface area contributed by atoms with Gasteiger partial charge in [0.2, 0.25) is 0 Å². The summed E-state index contributed by atoms with van der Waals surface area (Å²) < 4.78 is 113. The van der Waals surface area contributed by atoms with Gasteiger partial charge in [-0.15, -0.1) is 0 Å². The first-order valence-corrected chi connectivity index (χ1v) is 13.0. The number of sulfonamides is 1. The Morgan fingerprint density at radius 2 is 1.85 bits per heavy atom. The lowest BCUT2D eigenvalue weighted by atomic mass is 10.1. The highest BCUT2D eigenvalue weighted by molar-refractivity contribution is 7.92. The number of ether oxygens (including phenoxy) is 1. The van der Waals surface area contributed by atoms with Crippen LogP contribution in [0.2, 0.25) is 5.02 Å². The molecule has 19 heteroatoms. The summed E-state index contributed by atoms with van der Waals surface area (Å²) in [7, 11) is -5.04. The quantitative estimate of drug-likeness (QED) is 0.316. The minimum atomic E-state index is -5.55. The van der Waals surface area contributed by atoms with E-state index in [0.29, 0.717) is 11.5 Å². The molecule has 1 aromatic heterocycles. The van der Waals surface area contributed by atoms with Crippen molar-refractivity contribution in [2.75, 3.05) is 22.5 Å². The van der Waals surface area contributed by atoms with Gasteiger partial charge in [-0.1, -0.05) is 16.1 Å². The van der Waals surface area contributed by atoms with Crippen molar-refractivity contribution in [3.8, 4) is 5.75 Å². The lowest BCUT2D eigenvalue weighted by molar-refractivity contribution is -0.199. The summed E-state index contributed by atoms with van der Waals surface area (Å²) in [6.45, 7) is -0.227. The van der Waals surface area contributed by atoms with E-state index in [9.17, 15) is 39.6 Å². The predicted octanol–water partition coefficient (Wildman–Crippen LogP) is 4.42. The van der Waals surface area contributed by atoms with Gasteiger partial charge in [-0.25, -0.2) is 4.79 Å². The first kappa shape index (κ1) is 28.7. The van der Waals surface area contributed by atoms with Crippen molar-refractivity contribution in [1.82, 2.24) is 9.36 Å². The van der Waals surface area contributed by atoms with Crippen molar-refractivity contribution in [1.29, 1.82) is 0 Å². The van der Waals surface area contributed by atoms with E-state index >= 15 is 0 Å². The minimum absolute atomic E-state index is 0.0586. The average molecular weight is 618 g/mol. The summed E-state index contributed by atoms with van der Waals surface area (Å²) in [4.78, 5) is 20.2. The summed E-state index contributed by atoms with van der Waals surface area (Å²) in [5, 5.41) is -0.976. The van der Waals surface area contributed by atoms with E-state index in [1.165, 1.54) is 11.0 Å². The molecule has 0 amide bonds. The molecule has 4 rings (SSSR count). The maximum Gasteiger partial charge on any atom is 0.493 e. The largest absolute Gasteiger partial charge is 0.493 e. The number of carbonyl (C=O) groups is 1. The molecule has 0 bridgehead atoms. The van der Waals surface area contributed by atoms with Crippen LogP contribution in [0.1, 0.15) is 11.4 Å². The molecule has 2 aromatic carbocycles. The minimum Gasteiger partial charge on any atom is -0.489 e. The highest BCUT2D eigenvalue weighted by atomic mass is 35.5. The smallest absolute Gasteiger partial charge is 0.489 e. The normalized spacial score (nSPS) is 14.0. The SMILES string of the molecule is NCc1nsc(N(OC(=O)C(F)(F)F)S(=O)(=O)c2ccc3c(c2)OCCN3c2ccc(C(F)(F)F)cc2Cl)n1. The van der Waals surface area contributed by atoms with E-state index in [4.69, 9.17) is 22.1 Å². The number of fused-ring (bicyclic) bond motifs is 1. The zero-order valence-corrected chi connectivity index (χ0v) is 21.3. The van der Waals surface area contributed by atoms with Gasteiger partial charge in [-0.3, -0.25) is 0 Å². The van der Waals surface area contributed by atoms with Crippen LogP contribution in [0, 0.1) is 0 Å². The summed E-state index contributed by atoms with van der Waals surface area (Å²) in [5.41, 5.74) is 4.75. The third kappa shape index (κ3) is 5.82. The zero-order chi connectivity index (χ0) is 28.8. The molecule has 2 heterocycles. The van der Waals surface area contributed by atoms with Crippen molar-refractivity contribution in [2.45, 2.75) is 23.8 Å². The first-order valence-electron chi connectivity index (χ1n) is 10.4. The molecule has 1 aliphatic heterocycles. The van der Waals surface area contributed by atoms with Crippen molar-refractivity contribution in [2.24, 2.45) is 5.73 Å². The van der Waals surface area contributed by atoms with Gasteiger partial charge in [-0.2, -0.15) is 44.1 Å². The van der Waals surface area contributed by atoms with Crippen LogP contribution in [-0.2, 0) is 32.4 Å². The Bertz CT molecular complexity index is 1520. The van der Waals surface area contributed by atoms with Gasteiger partial charge in [0.05, 0.1) is 39.9 Å². The van der Waals surface area contributed by atoms with Gasteiger partial charge in [0.1, 0.15) is 12.4 Å². The molecule has 10 nitrogen and oxygen atoms in total. The van der Waals surface area contributed by atoms with Gasteiger partial charge in [0, 0.05) is 17.6 Å². The Hall–Kier alpha value is -3.35. The summed E-state index contributed by atoms with van der Waals surface area (Å²) in [5.74, 6) is -3.07. The molecule has 0 unspecified atom stereocenters. The number of aromatic nitrogens is 2. The number of nitrogens with zero attached hydrogens (tertiary/aromatic N) is 4. The Balaban J connectivity index is 1.73. The molecule has 1 aliphatic rings. The molecule has 0 radical (unpaired) electrons. The van der Waals surface area contributed by atoms with Gasteiger partial charge in [0.25, 0.3) is 15.2 Å². The molecule has 2 N–H and O–H groups in total. The van der Waals surface area contributed by atoms with E-state index in [-0.39, 0.29) is 52.1 Å². The van der Waals surface area contributed by atoms with E-state index in [1.807, 2.05) is 0 Å². The molecular weight excluding hydrogens is 604 g/mol. The number of halogens is 7.